The molecule has 0 heterocycles. The lowest BCUT2D eigenvalue weighted by atomic mass is 10.3. The Balaban J connectivity index is 2.44. The quantitative estimate of drug-likeness (QED) is 0.752. The topological polar surface area (TPSA) is 87.1 Å². The van der Waals surface area contributed by atoms with Gasteiger partial charge in [-0.3, -0.25) is 4.55 Å². The molecule has 1 unspecified atom stereocenters. The monoisotopic (exact) mass is 339 g/mol. The van der Waals surface area contributed by atoms with Crippen molar-refractivity contribution in [1.82, 2.24) is 4.31 Å². The fourth-order valence-corrected chi connectivity index (χ4v) is 1.93. The highest BCUT2D eigenvalue weighted by molar-refractivity contribution is 9.10. The number of benzene rings is 1. The molecule has 102 valence electrons. The lowest BCUT2D eigenvalue weighted by molar-refractivity contribution is 0.0918. The summed E-state index contributed by atoms with van der Waals surface area (Å²) in [7, 11) is -3.11. The standard InChI is InChI=1S/C10H14BrNO5S/c1-12(18(14,15)16)6-9(13)7-17-10-4-2-3-8(11)5-10/h2-5,9,13H,6-7H2,1H3,(H,14,15,16). The third kappa shape index (κ3) is 5.32. The van der Waals surface area contributed by atoms with Crippen LogP contribution in [0.1, 0.15) is 0 Å². The van der Waals surface area contributed by atoms with E-state index in [1.165, 1.54) is 0 Å². The molecule has 0 radical (unpaired) electrons. The van der Waals surface area contributed by atoms with Crippen molar-refractivity contribution in [3.05, 3.63) is 28.7 Å². The van der Waals surface area contributed by atoms with Gasteiger partial charge in [0.25, 0.3) is 0 Å². The minimum absolute atomic E-state index is 0.0731. The number of halogens is 1. The second kappa shape index (κ2) is 6.48. The molecule has 0 aliphatic rings. The SMILES string of the molecule is CN(CC(O)COc1cccc(Br)c1)S(=O)(=O)O. The molecule has 1 aromatic rings. The zero-order valence-corrected chi connectivity index (χ0v) is 12.1. The molecule has 0 spiro atoms. The van der Waals surface area contributed by atoms with E-state index >= 15 is 0 Å². The van der Waals surface area contributed by atoms with Crippen LogP contribution in [0.5, 0.6) is 5.75 Å². The smallest absolute Gasteiger partial charge is 0.335 e. The summed E-state index contributed by atoms with van der Waals surface area (Å²) >= 11 is 3.27. The van der Waals surface area contributed by atoms with E-state index in [2.05, 4.69) is 15.9 Å². The molecule has 1 rings (SSSR count). The van der Waals surface area contributed by atoms with Crippen LogP contribution >= 0.6 is 15.9 Å². The summed E-state index contributed by atoms with van der Waals surface area (Å²) in [6.45, 7) is -0.316. The number of nitrogens with zero attached hydrogens (tertiary/aromatic N) is 1. The maximum absolute atomic E-state index is 10.7. The van der Waals surface area contributed by atoms with E-state index < -0.39 is 16.4 Å². The van der Waals surface area contributed by atoms with Gasteiger partial charge in [-0.2, -0.15) is 12.7 Å². The van der Waals surface area contributed by atoms with Crippen LogP contribution in [0, 0.1) is 0 Å². The Morgan fingerprint density at radius 3 is 2.72 bits per heavy atom. The molecule has 0 amide bonds. The molecule has 18 heavy (non-hydrogen) atoms. The Labute approximate surface area is 114 Å². The van der Waals surface area contributed by atoms with Gasteiger partial charge in [0.15, 0.2) is 0 Å². The van der Waals surface area contributed by atoms with Gasteiger partial charge < -0.3 is 9.84 Å². The van der Waals surface area contributed by atoms with Crippen molar-refractivity contribution in [2.45, 2.75) is 6.10 Å². The Bertz CT molecular complexity index is 493. The van der Waals surface area contributed by atoms with Gasteiger partial charge in [0.05, 0.1) is 0 Å². The Kier molecular flexibility index (Phi) is 5.54. The number of ether oxygens (including phenoxy) is 1. The summed E-state index contributed by atoms with van der Waals surface area (Å²) in [6, 6.07) is 7.04. The van der Waals surface area contributed by atoms with Crippen LogP contribution in [-0.2, 0) is 10.3 Å². The molecule has 0 aliphatic carbocycles. The van der Waals surface area contributed by atoms with Crippen LogP contribution in [0.15, 0.2) is 28.7 Å². The van der Waals surface area contributed by atoms with Gasteiger partial charge in [-0.05, 0) is 18.2 Å². The number of likely N-dealkylation sites (N-methyl/N-ethyl adjacent to an activating group) is 1. The molecule has 0 saturated heterocycles. The van der Waals surface area contributed by atoms with Crippen molar-refractivity contribution in [2.24, 2.45) is 0 Å². The first-order valence-electron chi connectivity index (χ1n) is 5.04. The molecule has 1 atom stereocenters. The summed E-state index contributed by atoms with van der Waals surface area (Å²) in [5, 5.41) is 9.56. The lowest BCUT2D eigenvalue weighted by Crippen LogP contribution is -2.36. The van der Waals surface area contributed by atoms with Gasteiger partial charge in [0.1, 0.15) is 18.5 Å². The minimum atomic E-state index is -4.28. The van der Waals surface area contributed by atoms with Gasteiger partial charge in [-0.1, -0.05) is 22.0 Å². The highest BCUT2D eigenvalue weighted by Crippen LogP contribution is 2.17. The van der Waals surface area contributed by atoms with E-state index in [1.54, 1.807) is 18.2 Å². The van der Waals surface area contributed by atoms with Crippen LogP contribution in [0.3, 0.4) is 0 Å². The van der Waals surface area contributed by atoms with E-state index in [1.807, 2.05) is 6.07 Å². The Morgan fingerprint density at radius 1 is 1.50 bits per heavy atom. The fourth-order valence-electron chi connectivity index (χ4n) is 1.19. The van der Waals surface area contributed by atoms with Crippen LogP contribution in [0.2, 0.25) is 0 Å². The molecule has 0 fully saturated rings. The minimum Gasteiger partial charge on any atom is -0.491 e. The van der Waals surface area contributed by atoms with E-state index in [0.717, 1.165) is 11.5 Å². The number of hydrogen-bond donors (Lipinski definition) is 2. The van der Waals surface area contributed by atoms with Gasteiger partial charge in [0.2, 0.25) is 0 Å². The van der Waals surface area contributed by atoms with Crippen molar-refractivity contribution >= 4 is 26.2 Å². The Morgan fingerprint density at radius 2 is 2.17 bits per heavy atom. The first kappa shape index (κ1) is 15.4. The third-order valence-electron chi connectivity index (χ3n) is 2.10. The zero-order chi connectivity index (χ0) is 13.8. The fraction of sp³-hybridized carbons (Fsp3) is 0.400. The predicted molar refractivity (Wildman–Crippen MR) is 69.8 cm³/mol. The molecule has 0 saturated carbocycles. The average molecular weight is 340 g/mol. The van der Waals surface area contributed by atoms with Crippen molar-refractivity contribution in [2.75, 3.05) is 20.2 Å². The van der Waals surface area contributed by atoms with Crippen molar-refractivity contribution in [1.29, 1.82) is 0 Å². The van der Waals surface area contributed by atoms with Crippen molar-refractivity contribution in [3.63, 3.8) is 0 Å². The lowest BCUT2D eigenvalue weighted by Gasteiger charge is -2.17. The molecular weight excluding hydrogens is 326 g/mol. The molecule has 2 N–H and O–H groups in total. The van der Waals surface area contributed by atoms with Crippen LogP contribution < -0.4 is 4.74 Å². The molecule has 0 aromatic heterocycles. The predicted octanol–water partition coefficient (Wildman–Crippen LogP) is 0.923. The van der Waals surface area contributed by atoms with Crippen LogP contribution in [-0.4, -0.2) is 48.7 Å². The van der Waals surface area contributed by atoms with E-state index in [4.69, 9.17) is 9.29 Å². The van der Waals surface area contributed by atoms with E-state index in [9.17, 15) is 13.5 Å². The second-order valence-electron chi connectivity index (χ2n) is 3.68. The van der Waals surface area contributed by atoms with Gasteiger partial charge >= 0.3 is 10.3 Å². The molecule has 0 aliphatic heterocycles. The number of hydrogen-bond acceptors (Lipinski definition) is 4. The summed E-state index contributed by atoms with van der Waals surface area (Å²) < 4.78 is 36.9. The van der Waals surface area contributed by atoms with Gasteiger partial charge in [-0.15, -0.1) is 0 Å². The first-order valence-corrected chi connectivity index (χ1v) is 7.23. The first-order chi connectivity index (χ1) is 8.29. The summed E-state index contributed by atoms with van der Waals surface area (Å²) in [4.78, 5) is 0. The third-order valence-corrected chi connectivity index (χ3v) is 3.53. The van der Waals surface area contributed by atoms with Crippen molar-refractivity contribution in [3.8, 4) is 5.75 Å². The molecule has 0 bridgehead atoms. The summed E-state index contributed by atoms with van der Waals surface area (Å²) in [5.74, 6) is 0.554. The maximum Gasteiger partial charge on any atom is 0.335 e. The summed E-state index contributed by atoms with van der Waals surface area (Å²) in [6.07, 6.45) is -1.03. The number of aliphatic hydroxyl groups is 1. The second-order valence-corrected chi connectivity index (χ2v) is 6.12. The molecule has 8 heteroatoms. The van der Waals surface area contributed by atoms with Crippen LogP contribution in [0.25, 0.3) is 0 Å². The van der Waals surface area contributed by atoms with E-state index in [-0.39, 0.29) is 13.2 Å². The molecule has 6 nitrogen and oxygen atoms in total. The largest absolute Gasteiger partial charge is 0.491 e. The Hall–Kier alpha value is -0.670. The highest BCUT2D eigenvalue weighted by Gasteiger charge is 2.18. The van der Waals surface area contributed by atoms with Gasteiger partial charge in [0, 0.05) is 18.1 Å². The van der Waals surface area contributed by atoms with Crippen LogP contribution in [0.4, 0.5) is 0 Å². The van der Waals surface area contributed by atoms with E-state index in [0.29, 0.717) is 10.1 Å². The maximum atomic E-state index is 10.7. The van der Waals surface area contributed by atoms with Crippen molar-refractivity contribution < 1.29 is 22.8 Å². The molecule has 1 aromatic carbocycles. The number of aliphatic hydroxyl groups excluding tert-OH is 1. The highest BCUT2D eigenvalue weighted by atomic mass is 79.9. The molecular formula is C10H14BrNO5S. The number of rotatable bonds is 6. The average Bonchev–Trinajstić information content (AvgIpc) is 2.25. The zero-order valence-electron chi connectivity index (χ0n) is 9.65. The summed E-state index contributed by atoms with van der Waals surface area (Å²) in [5.41, 5.74) is 0. The normalized spacial score (nSPS) is 13.6. The van der Waals surface area contributed by atoms with Gasteiger partial charge in [-0.25, -0.2) is 0 Å².